The van der Waals surface area contributed by atoms with Crippen molar-refractivity contribution < 1.29 is 9.59 Å². The van der Waals surface area contributed by atoms with E-state index in [4.69, 9.17) is 5.41 Å². The fraction of sp³-hybridized carbons (Fsp3) is 0.609. The minimum Gasteiger partial charge on any atom is -0.352 e. The van der Waals surface area contributed by atoms with Crippen LogP contribution in [0.2, 0.25) is 0 Å². The minimum atomic E-state index is -0.714. The molecule has 6 nitrogen and oxygen atoms in total. The van der Waals surface area contributed by atoms with Crippen molar-refractivity contribution in [2.24, 2.45) is 5.92 Å². The number of hydrogen-bond acceptors (Lipinski definition) is 3. The maximum Gasteiger partial charge on any atom is 0.255 e. The van der Waals surface area contributed by atoms with Gasteiger partial charge in [0.2, 0.25) is 5.91 Å². The molecule has 1 saturated heterocycles. The van der Waals surface area contributed by atoms with Crippen molar-refractivity contribution in [3.8, 4) is 0 Å². The van der Waals surface area contributed by atoms with Crippen LogP contribution >= 0.6 is 0 Å². The molecule has 6 heteroatoms. The summed E-state index contributed by atoms with van der Waals surface area (Å²) in [7, 11) is 0. The number of amides is 2. The molecule has 2 amide bonds. The third kappa shape index (κ3) is 6.58. The highest BCUT2D eigenvalue weighted by molar-refractivity contribution is 6.07. The Morgan fingerprint density at radius 2 is 1.97 bits per heavy atom. The molecule has 1 aromatic rings. The van der Waals surface area contributed by atoms with E-state index < -0.39 is 5.54 Å². The topological polar surface area (TPSA) is 85.3 Å². The summed E-state index contributed by atoms with van der Waals surface area (Å²) in [6.45, 7) is 9.02. The lowest BCUT2D eigenvalue weighted by Gasteiger charge is -2.24. The number of nitrogens with one attached hydrogen (secondary N) is 3. The second-order valence-electron chi connectivity index (χ2n) is 8.70. The van der Waals surface area contributed by atoms with Gasteiger partial charge in [0.25, 0.3) is 5.91 Å². The molecule has 0 radical (unpaired) electrons. The molecule has 1 heterocycles. The minimum absolute atomic E-state index is 0.0537. The fourth-order valence-corrected chi connectivity index (χ4v) is 3.91. The summed E-state index contributed by atoms with van der Waals surface area (Å²) in [5.74, 6) is 0.542. The number of benzene rings is 1. The van der Waals surface area contributed by atoms with Crippen LogP contribution in [0.3, 0.4) is 0 Å². The van der Waals surface area contributed by atoms with Gasteiger partial charge in [-0.1, -0.05) is 64.3 Å². The zero-order chi connectivity index (χ0) is 21.4. The molecule has 0 spiro atoms. The average molecular weight is 401 g/mol. The van der Waals surface area contributed by atoms with Gasteiger partial charge in [-0.2, -0.15) is 0 Å². The highest BCUT2D eigenvalue weighted by Crippen LogP contribution is 2.26. The van der Waals surface area contributed by atoms with Crippen molar-refractivity contribution in [1.29, 1.82) is 5.41 Å². The van der Waals surface area contributed by atoms with Crippen LogP contribution in [0, 0.1) is 11.3 Å². The highest BCUT2D eigenvalue weighted by atomic mass is 16.2. The van der Waals surface area contributed by atoms with E-state index in [1.165, 1.54) is 11.3 Å². The van der Waals surface area contributed by atoms with Gasteiger partial charge in [0, 0.05) is 13.0 Å². The predicted molar refractivity (Wildman–Crippen MR) is 116 cm³/mol. The van der Waals surface area contributed by atoms with Crippen molar-refractivity contribution in [3.63, 3.8) is 0 Å². The number of carbonyl (C=O) groups is 2. The second-order valence-corrected chi connectivity index (χ2v) is 8.70. The summed E-state index contributed by atoms with van der Waals surface area (Å²) in [4.78, 5) is 26.4. The molecule has 1 fully saturated rings. The summed E-state index contributed by atoms with van der Waals surface area (Å²) in [6, 6.07) is 7.85. The summed E-state index contributed by atoms with van der Waals surface area (Å²) < 4.78 is 0. The first kappa shape index (κ1) is 22.9. The first-order valence-corrected chi connectivity index (χ1v) is 10.8. The molecule has 2 rings (SSSR count). The van der Waals surface area contributed by atoms with Crippen LogP contribution < -0.4 is 10.6 Å². The van der Waals surface area contributed by atoms with Crippen molar-refractivity contribution in [2.75, 3.05) is 0 Å². The Hall–Kier alpha value is -2.37. The van der Waals surface area contributed by atoms with Crippen molar-refractivity contribution in [2.45, 2.75) is 84.8 Å². The van der Waals surface area contributed by atoms with E-state index in [1.54, 1.807) is 0 Å². The Morgan fingerprint density at radius 3 is 2.66 bits per heavy atom. The highest BCUT2D eigenvalue weighted by Gasteiger charge is 2.45. The number of carbonyl (C=O) groups excluding carboxylic acids is 2. The van der Waals surface area contributed by atoms with Crippen LogP contribution in [0.25, 0.3) is 0 Å². The van der Waals surface area contributed by atoms with Gasteiger partial charge >= 0.3 is 0 Å². The van der Waals surface area contributed by atoms with Crippen LogP contribution in [-0.2, 0) is 22.7 Å². The van der Waals surface area contributed by atoms with Crippen LogP contribution in [0.4, 0.5) is 0 Å². The average Bonchev–Trinajstić information content (AvgIpc) is 2.86. The maximum absolute atomic E-state index is 12.9. The molecule has 0 aliphatic carbocycles. The Balaban J connectivity index is 1.92. The van der Waals surface area contributed by atoms with Gasteiger partial charge < -0.3 is 10.6 Å². The fourth-order valence-electron chi connectivity index (χ4n) is 3.91. The van der Waals surface area contributed by atoms with E-state index in [9.17, 15) is 9.59 Å². The van der Waals surface area contributed by atoms with E-state index in [0.29, 0.717) is 31.8 Å². The van der Waals surface area contributed by atoms with Crippen LogP contribution in [0.5, 0.6) is 0 Å². The molecule has 29 heavy (non-hydrogen) atoms. The summed E-state index contributed by atoms with van der Waals surface area (Å²) in [5, 5.41) is 14.3. The summed E-state index contributed by atoms with van der Waals surface area (Å²) in [5.41, 5.74) is 1.24. The van der Waals surface area contributed by atoms with E-state index in [-0.39, 0.29) is 17.8 Å². The zero-order valence-corrected chi connectivity index (χ0v) is 18.3. The molecule has 0 aromatic heterocycles. The normalized spacial score (nSPS) is 19.0. The molecular weight excluding hydrogens is 364 g/mol. The lowest BCUT2D eigenvalue weighted by Crippen LogP contribution is -2.44. The van der Waals surface area contributed by atoms with Gasteiger partial charge in [-0.25, -0.2) is 0 Å². The number of nitrogens with zero attached hydrogens (tertiary/aromatic N) is 1. The van der Waals surface area contributed by atoms with Gasteiger partial charge in [0.05, 0.1) is 6.54 Å². The quantitative estimate of drug-likeness (QED) is 0.492. The monoisotopic (exact) mass is 400 g/mol. The van der Waals surface area contributed by atoms with Crippen molar-refractivity contribution >= 4 is 17.8 Å². The van der Waals surface area contributed by atoms with Gasteiger partial charge in [0.15, 0.2) is 5.96 Å². The SMILES string of the molecule is CCCCCCC(=O)NCc1cccc(CN2C(=N)NC(C)(CC(C)C)C2=O)c1. The van der Waals surface area contributed by atoms with E-state index in [1.807, 2.05) is 31.2 Å². The molecule has 3 N–H and O–H groups in total. The van der Waals surface area contributed by atoms with Gasteiger partial charge in [-0.15, -0.1) is 0 Å². The predicted octanol–water partition coefficient (Wildman–Crippen LogP) is 3.94. The van der Waals surface area contributed by atoms with E-state index in [0.717, 1.165) is 30.4 Å². The summed E-state index contributed by atoms with van der Waals surface area (Å²) in [6.07, 6.45) is 5.62. The van der Waals surface area contributed by atoms with Crippen molar-refractivity contribution in [3.05, 3.63) is 35.4 Å². The molecule has 1 unspecified atom stereocenters. The zero-order valence-electron chi connectivity index (χ0n) is 18.3. The molecule has 0 bridgehead atoms. The Morgan fingerprint density at radius 1 is 1.24 bits per heavy atom. The van der Waals surface area contributed by atoms with Crippen LogP contribution in [0.1, 0.15) is 77.3 Å². The smallest absolute Gasteiger partial charge is 0.255 e. The number of hydrogen-bond donors (Lipinski definition) is 3. The number of unbranched alkanes of at least 4 members (excludes halogenated alkanes) is 3. The first-order valence-electron chi connectivity index (χ1n) is 10.8. The first-order chi connectivity index (χ1) is 13.7. The molecule has 1 atom stereocenters. The molecule has 160 valence electrons. The van der Waals surface area contributed by atoms with Crippen LogP contribution in [0.15, 0.2) is 24.3 Å². The van der Waals surface area contributed by atoms with E-state index >= 15 is 0 Å². The lowest BCUT2D eigenvalue weighted by molar-refractivity contribution is -0.131. The Kier molecular flexibility index (Phi) is 8.23. The largest absolute Gasteiger partial charge is 0.352 e. The molecule has 1 aliphatic rings. The van der Waals surface area contributed by atoms with Crippen LogP contribution in [-0.4, -0.2) is 28.2 Å². The molecule has 0 saturated carbocycles. The Bertz CT molecular complexity index is 731. The van der Waals surface area contributed by atoms with Crippen molar-refractivity contribution in [1.82, 2.24) is 15.5 Å². The van der Waals surface area contributed by atoms with E-state index in [2.05, 4.69) is 31.4 Å². The standard InChI is InChI=1S/C23H36N4O2/c1-5-6-7-8-12-20(28)25-15-18-10-9-11-19(13-18)16-27-21(29)23(4,14-17(2)3)26-22(27)24/h9-11,13,17H,5-8,12,14-16H2,1-4H3,(H2,24,26)(H,25,28). The van der Waals surface area contributed by atoms with Gasteiger partial charge in [-0.05, 0) is 36.8 Å². The maximum atomic E-state index is 12.9. The number of guanidine groups is 1. The third-order valence-corrected chi connectivity index (χ3v) is 5.28. The Labute approximate surface area is 174 Å². The van der Waals surface area contributed by atoms with Gasteiger partial charge in [-0.3, -0.25) is 19.9 Å². The summed E-state index contributed by atoms with van der Waals surface area (Å²) >= 11 is 0. The molecular formula is C23H36N4O2. The lowest BCUT2D eigenvalue weighted by atomic mass is 9.91. The molecule has 1 aromatic carbocycles. The van der Waals surface area contributed by atoms with Gasteiger partial charge in [0.1, 0.15) is 5.54 Å². The molecule has 1 aliphatic heterocycles. The third-order valence-electron chi connectivity index (χ3n) is 5.28. The second kappa shape index (κ2) is 10.4. The number of rotatable bonds is 11.